The van der Waals surface area contributed by atoms with Gasteiger partial charge in [0.1, 0.15) is 5.41 Å². The fraction of sp³-hybridized carbons (Fsp3) is 0.417. The van der Waals surface area contributed by atoms with Crippen LogP contribution in [0, 0.1) is 26.2 Å². The van der Waals surface area contributed by atoms with Gasteiger partial charge in [0.2, 0.25) is 11.8 Å². The van der Waals surface area contributed by atoms with Crippen LogP contribution >= 0.6 is 0 Å². The zero-order valence-corrected chi connectivity index (χ0v) is 17.5. The van der Waals surface area contributed by atoms with E-state index in [2.05, 4.69) is 47.5 Å². The molecule has 5 heteroatoms. The Morgan fingerprint density at radius 2 is 1.52 bits per heavy atom. The van der Waals surface area contributed by atoms with Gasteiger partial charge in [0.15, 0.2) is 0 Å². The van der Waals surface area contributed by atoms with Crippen LogP contribution < -0.4 is 10.2 Å². The molecule has 2 fully saturated rings. The Bertz CT molecular complexity index is 921. The zero-order valence-electron chi connectivity index (χ0n) is 17.5. The van der Waals surface area contributed by atoms with Crippen molar-refractivity contribution in [1.82, 2.24) is 4.90 Å². The Labute approximate surface area is 172 Å². The highest BCUT2D eigenvalue weighted by molar-refractivity contribution is 6.13. The molecule has 0 atom stereocenters. The monoisotopic (exact) mass is 391 g/mol. The summed E-state index contributed by atoms with van der Waals surface area (Å²) >= 11 is 0. The number of rotatable bonds is 4. The summed E-state index contributed by atoms with van der Waals surface area (Å²) in [6.07, 6.45) is 1.28. The van der Waals surface area contributed by atoms with Crippen molar-refractivity contribution in [1.29, 1.82) is 0 Å². The molecule has 152 valence electrons. The normalized spacial score (nSPS) is 17.8. The van der Waals surface area contributed by atoms with Gasteiger partial charge in [-0.15, -0.1) is 0 Å². The van der Waals surface area contributed by atoms with Crippen molar-refractivity contribution in [3.05, 3.63) is 59.2 Å². The van der Waals surface area contributed by atoms with Crippen LogP contribution in [0.25, 0.3) is 0 Å². The summed E-state index contributed by atoms with van der Waals surface area (Å²) in [6.45, 7) is 9.02. The van der Waals surface area contributed by atoms with Crippen molar-refractivity contribution in [2.24, 2.45) is 5.41 Å². The third-order valence-electron chi connectivity index (χ3n) is 6.01. The van der Waals surface area contributed by atoms with E-state index in [-0.39, 0.29) is 11.8 Å². The minimum absolute atomic E-state index is 0.0109. The number of piperazine rings is 1. The lowest BCUT2D eigenvalue weighted by atomic mass is 10.0. The van der Waals surface area contributed by atoms with Gasteiger partial charge in [-0.05, 0) is 74.6 Å². The summed E-state index contributed by atoms with van der Waals surface area (Å²) in [5.41, 5.74) is 4.54. The van der Waals surface area contributed by atoms with Crippen LogP contribution in [0.4, 0.5) is 11.4 Å². The summed E-state index contributed by atoms with van der Waals surface area (Å²) in [4.78, 5) is 30.3. The summed E-state index contributed by atoms with van der Waals surface area (Å²) in [5, 5.41) is 2.99. The smallest absolute Gasteiger partial charge is 0.240 e. The maximum absolute atomic E-state index is 13.2. The maximum Gasteiger partial charge on any atom is 0.240 e. The second kappa shape index (κ2) is 7.54. The number of hydrogen-bond acceptors (Lipinski definition) is 3. The van der Waals surface area contributed by atoms with Crippen molar-refractivity contribution >= 4 is 23.2 Å². The lowest BCUT2D eigenvalue weighted by molar-refractivity contribution is -0.142. The second-order valence-electron chi connectivity index (χ2n) is 8.53. The predicted molar refractivity (Wildman–Crippen MR) is 116 cm³/mol. The second-order valence-corrected chi connectivity index (χ2v) is 8.53. The summed E-state index contributed by atoms with van der Waals surface area (Å²) in [7, 11) is 0. The van der Waals surface area contributed by atoms with Gasteiger partial charge in [-0.1, -0.05) is 18.2 Å². The van der Waals surface area contributed by atoms with Crippen LogP contribution in [-0.2, 0) is 9.59 Å². The van der Waals surface area contributed by atoms with Gasteiger partial charge in [0, 0.05) is 37.6 Å². The van der Waals surface area contributed by atoms with E-state index in [9.17, 15) is 9.59 Å². The Hall–Kier alpha value is -2.82. The van der Waals surface area contributed by atoms with Gasteiger partial charge in [-0.2, -0.15) is 0 Å². The predicted octanol–water partition coefficient (Wildman–Crippen LogP) is 3.68. The molecule has 1 aliphatic carbocycles. The lowest BCUT2D eigenvalue weighted by Gasteiger charge is -2.37. The van der Waals surface area contributed by atoms with Gasteiger partial charge in [0.25, 0.3) is 0 Å². The third-order valence-corrected chi connectivity index (χ3v) is 6.01. The first-order valence-electron chi connectivity index (χ1n) is 10.4. The molecule has 0 radical (unpaired) electrons. The molecule has 2 aromatic rings. The molecule has 5 nitrogen and oxygen atoms in total. The van der Waals surface area contributed by atoms with Crippen LogP contribution in [0.3, 0.4) is 0 Å². The van der Waals surface area contributed by atoms with E-state index in [1.807, 2.05) is 30.9 Å². The Morgan fingerprint density at radius 3 is 2.10 bits per heavy atom. The van der Waals surface area contributed by atoms with Crippen molar-refractivity contribution < 1.29 is 9.59 Å². The van der Waals surface area contributed by atoms with E-state index in [0.717, 1.165) is 29.9 Å². The van der Waals surface area contributed by atoms with E-state index in [1.54, 1.807) is 0 Å². The van der Waals surface area contributed by atoms with E-state index < -0.39 is 5.41 Å². The number of amides is 2. The van der Waals surface area contributed by atoms with E-state index in [1.165, 1.54) is 11.3 Å². The fourth-order valence-corrected chi connectivity index (χ4v) is 4.26. The molecule has 1 saturated heterocycles. The fourth-order valence-electron chi connectivity index (χ4n) is 4.26. The first kappa shape index (κ1) is 19.5. The number of nitrogens with zero attached hydrogens (tertiary/aromatic N) is 2. The minimum Gasteiger partial charge on any atom is -0.368 e. The molecular formula is C24H29N3O2. The van der Waals surface area contributed by atoms with Crippen LogP contribution in [0.15, 0.2) is 42.5 Å². The Balaban J connectivity index is 1.39. The van der Waals surface area contributed by atoms with Gasteiger partial charge >= 0.3 is 0 Å². The molecule has 0 bridgehead atoms. The molecule has 0 unspecified atom stereocenters. The summed E-state index contributed by atoms with van der Waals surface area (Å²) in [6, 6.07) is 14.4. The maximum atomic E-state index is 13.2. The number of benzene rings is 2. The molecule has 2 aliphatic rings. The number of carbonyl (C=O) groups excluding carboxylic acids is 2. The van der Waals surface area contributed by atoms with Crippen LogP contribution in [-0.4, -0.2) is 42.9 Å². The summed E-state index contributed by atoms with van der Waals surface area (Å²) in [5.74, 6) is -0.170. The van der Waals surface area contributed by atoms with Gasteiger partial charge < -0.3 is 15.1 Å². The van der Waals surface area contributed by atoms with E-state index >= 15 is 0 Å². The minimum atomic E-state index is -0.872. The topological polar surface area (TPSA) is 52.7 Å². The van der Waals surface area contributed by atoms with Crippen LogP contribution in [0.1, 0.15) is 29.5 Å². The van der Waals surface area contributed by atoms with Crippen molar-refractivity contribution in [2.45, 2.75) is 33.6 Å². The number of nitrogens with one attached hydrogen (secondary N) is 1. The molecule has 1 heterocycles. The van der Waals surface area contributed by atoms with Crippen molar-refractivity contribution in [3.63, 3.8) is 0 Å². The average molecular weight is 392 g/mol. The SMILES string of the molecule is Cc1cc(C)cc(NC(=O)C2(C(=O)N3CCN(c4cccc(C)c4)CC3)CC2)c1. The molecule has 1 N–H and O–H groups in total. The molecule has 0 aromatic heterocycles. The van der Waals surface area contributed by atoms with Gasteiger partial charge in [-0.25, -0.2) is 0 Å². The molecule has 4 rings (SSSR count). The molecule has 2 aromatic carbocycles. The standard InChI is InChI=1S/C24H29N3O2/c1-17-5-4-6-21(16-17)26-9-11-27(12-10-26)23(29)24(7-8-24)22(28)25-20-14-18(2)13-19(3)15-20/h4-6,13-16H,7-12H2,1-3H3,(H,25,28). The van der Waals surface area contributed by atoms with E-state index in [0.29, 0.717) is 25.9 Å². The molecule has 2 amide bonds. The quantitative estimate of drug-likeness (QED) is 0.809. The van der Waals surface area contributed by atoms with Crippen molar-refractivity contribution in [3.8, 4) is 0 Å². The van der Waals surface area contributed by atoms with E-state index in [4.69, 9.17) is 0 Å². The van der Waals surface area contributed by atoms with Crippen LogP contribution in [0.2, 0.25) is 0 Å². The highest BCUT2D eigenvalue weighted by atomic mass is 16.2. The van der Waals surface area contributed by atoms with Gasteiger partial charge in [0.05, 0.1) is 0 Å². The Kier molecular flexibility index (Phi) is 5.07. The van der Waals surface area contributed by atoms with Crippen molar-refractivity contribution in [2.75, 3.05) is 36.4 Å². The zero-order chi connectivity index (χ0) is 20.6. The third kappa shape index (κ3) is 4.00. The number of hydrogen-bond donors (Lipinski definition) is 1. The Morgan fingerprint density at radius 1 is 0.862 bits per heavy atom. The molecular weight excluding hydrogens is 362 g/mol. The first-order chi connectivity index (χ1) is 13.9. The average Bonchev–Trinajstić information content (AvgIpc) is 3.49. The van der Waals surface area contributed by atoms with Crippen LogP contribution in [0.5, 0.6) is 0 Å². The molecule has 1 aliphatic heterocycles. The highest BCUT2D eigenvalue weighted by Crippen LogP contribution is 2.48. The number of carbonyl (C=O) groups is 2. The number of aryl methyl sites for hydroxylation is 3. The molecule has 0 spiro atoms. The largest absolute Gasteiger partial charge is 0.368 e. The number of anilines is 2. The molecule has 29 heavy (non-hydrogen) atoms. The lowest BCUT2D eigenvalue weighted by Crippen LogP contribution is -2.52. The highest BCUT2D eigenvalue weighted by Gasteiger charge is 2.58. The summed E-state index contributed by atoms with van der Waals surface area (Å²) < 4.78 is 0. The van der Waals surface area contributed by atoms with Gasteiger partial charge in [-0.3, -0.25) is 9.59 Å². The molecule has 1 saturated carbocycles. The first-order valence-corrected chi connectivity index (χ1v) is 10.4.